The highest BCUT2D eigenvalue weighted by molar-refractivity contribution is 5.84. The molecule has 0 radical (unpaired) electrons. The van der Waals surface area contributed by atoms with Crippen molar-refractivity contribution in [1.82, 2.24) is 0 Å². The highest BCUT2D eigenvalue weighted by atomic mass is 19.2. The van der Waals surface area contributed by atoms with E-state index in [1.807, 2.05) is 0 Å². The SMILES string of the molecule is CC(C)c1oc2cc(O)ccc2c(=O)c1-c1cc(F)c(F)c(F)c1. The van der Waals surface area contributed by atoms with Crippen LogP contribution in [0, 0.1) is 17.5 Å². The molecule has 0 bridgehead atoms. The van der Waals surface area contributed by atoms with Gasteiger partial charge >= 0.3 is 0 Å². The lowest BCUT2D eigenvalue weighted by atomic mass is 9.96. The van der Waals surface area contributed by atoms with E-state index in [1.54, 1.807) is 13.8 Å². The summed E-state index contributed by atoms with van der Waals surface area (Å²) in [5.74, 6) is -4.53. The number of aromatic hydroxyl groups is 1. The molecular weight excluding hydrogens is 321 g/mol. The molecule has 0 aliphatic carbocycles. The topological polar surface area (TPSA) is 50.4 Å². The number of phenols is 1. The maximum absolute atomic E-state index is 13.6. The van der Waals surface area contributed by atoms with Crippen molar-refractivity contribution < 1.29 is 22.7 Å². The first-order valence-electron chi connectivity index (χ1n) is 7.24. The molecule has 24 heavy (non-hydrogen) atoms. The summed E-state index contributed by atoms with van der Waals surface area (Å²) in [6.45, 7) is 3.49. The van der Waals surface area contributed by atoms with E-state index in [0.29, 0.717) is 0 Å². The van der Waals surface area contributed by atoms with E-state index in [4.69, 9.17) is 4.42 Å². The molecule has 0 saturated carbocycles. The van der Waals surface area contributed by atoms with Gasteiger partial charge in [0, 0.05) is 12.0 Å². The van der Waals surface area contributed by atoms with Gasteiger partial charge in [0.1, 0.15) is 17.1 Å². The normalized spacial score (nSPS) is 11.4. The van der Waals surface area contributed by atoms with Crippen LogP contribution >= 0.6 is 0 Å². The Morgan fingerprint density at radius 3 is 2.25 bits per heavy atom. The molecule has 1 aromatic heterocycles. The maximum atomic E-state index is 13.6. The van der Waals surface area contributed by atoms with Crippen molar-refractivity contribution in [2.24, 2.45) is 0 Å². The van der Waals surface area contributed by atoms with Crippen molar-refractivity contribution in [3.8, 4) is 16.9 Å². The van der Waals surface area contributed by atoms with Crippen molar-refractivity contribution in [2.45, 2.75) is 19.8 Å². The maximum Gasteiger partial charge on any atom is 0.200 e. The number of fused-ring (bicyclic) bond motifs is 1. The van der Waals surface area contributed by atoms with E-state index in [9.17, 15) is 23.1 Å². The number of phenolic OH excluding ortho intramolecular Hbond substituents is 1. The Morgan fingerprint density at radius 2 is 1.67 bits per heavy atom. The molecule has 6 heteroatoms. The molecule has 124 valence electrons. The van der Waals surface area contributed by atoms with Crippen LogP contribution in [0.3, 0.4) is 0 Å². The smallest absolute Gasteiger partial charge is 0.200 e. The van der Waals surface area contributed by atoms with E-state index in [2.05, 4.69) is 0 Å². The molecule has 3 aromatic rings. The molecule has 3 rings (SSSR count). The number of halogens is 3. The van der Waals surface area contributed by atoms with Crippen molar-refractivity contribution in [3.05, 3.63) is 63.8 Å². The minimum atomic E-state index is -1.60. The summed E-state index contributed by atoms with van der Waals surface area (Å²) in [6, 6.07) is 5.49. The Hall–Kier alpha value is -2.76. The summed E-state index contributed by atoms with van der Waals surface area (Å²) in [5.41, 5.74) is -0.472. The molecule has 0 fully saturated rings. The lowest BCUT2D eigenvalue weighted by molar-refractivity contribution is 0.447. The second-order valence-corrected chi connectivity index (χ2v) is 5.76. The van der Waals surface area contributed by atoms with Crippen molar-refractivity contribution in [3.63, 3.8) is 0 Å². The van der Waals surface area contributed by atoms with Crippen molar-refractivity contribution in [2.75, 3.05) is 0 Å². The van der Waals surface area contributed by atoms with Gasteiger partial charge in [-0.15, -0.1) is 0 Å². The molecule has 1 N–H and O–H groups in total. The van der Waals surface area contributed by atoms with Crippen LogP contribution in [0.15, 0.2) is 39.5 Å². The fourth-order valence-corrected chi connectivity index (χ4v) is 2.58. The van der Waals surface area contributed by atoms with Crippen LogP contribution in [-0.2, 0) is 0 Å². The van der Waals surface area contributed by atoms with Crippen LogP contribution in [0.5, 0.6) is 5.75 Å². The summed E-state index contributed by atoms with van der Waals surface area (Å²) in [4.78, 5) is 12.8. The second kappa shape index (κ2) is 5.70. The highest BCUT2D eigenvalue weighted by Gasteiger charge is 2.21. The summed E-state index contributed by atoms with van der Waals surface area (Å²) >= 11 is 0. The Labute approximate surface area is 135 Å². The van der Waals surface area contributed by atoms with Crippen LogP contribution in [0.2, 0.25) is 0 Å². The summed E-state index contributed by atoms with van der Waals surface area (Å²) in [7, 11) is 0. The van der Waals surface area contributed by atoms with Gasteiger partial charge in [-0.05, 0) is 29.8 Å². The minimum Gasteiger partial charge on any atom is -0.508 e. The van der Waals surface area contributed by atoms with Gasteiger partial charge in [-0.25, -0.2) is 13.2 Å². The molecule has 0 aliphatic rings. The third kappa shape index (κ3) is 2.54. The van der Waals surface area contributed by atoms with Gasteiger partial charge in [0.15, 0.2) is 17.5 Å². The number of hydrogen-bond acceptors (Lipinski definition) is 3. The summed E-state index contributed by atoms with van der Waals surface area (Å²) in [6.07, 6.45) is 0. The zero-order valence-corrected chi connectivity index (χ0v) is 12.9. The van der Waals surface area contributed by atoms with Gasteiger partial charge in [-0.1, -0.05) is 13.8 Å². The molecule has 3 nitrogen and oxygen atoms in total. The van der Waals surface area contributed by atoms with Crippen molar-refractivity contribution in [1.29, 1.82) is 0 Å². The van der Waals surface area contributed by atoms with E-state index >= 15 is 0 Å². The zero-order chi connectivity index (χ0) is 17.6. The monoisotopic (exact) mass is 334 g/mol. The molecular formula is C18H13F3O3. The summed E-state index contributed by atoms with van der Waals surface area (Å²) in [5, 5.41) is 9.69. The van der Waals surface area contributed by atoms with Gasteiger partial charge in [-0.3, -0.25) is 4.79 Å². The van der Waals surface area contributed by atoms with Crippen molar-refractivity contribution >= 4 is 11.0 Å². The molecule has 0 amide bonds. The number of rotatable bonds is 2. The fourth-order valence-electron chi connectivity index (χ4n) is 2.58. The zero-order valence-electron chi connectivity index (χ0n) is 12.9. The van der Waals surface area contributed by atoms with E-state index in [1.165, 1.54) is 18.2 Å². The first-order valence-corrected chi connectivity index (χ1v) is 7.24. The molecule has 1 heterocycles. The van der Waals surface area contributed by atoms with Crippen LogP contribution in [-0.4, -0.2) is 5.11 Å². The third-order valence-corrected chi connectivity index (χ3v) is 3.70. The molecule has 2 aromatic carbocycles. The first-order chi connectivity index (χ1) is 11.3. The van der Waals surface area contributed by atoms with Crippen LogP contribution in [0.4, 0.5) is 13.2 Å². The number of benzene rings is 2. The highest BCUT2D eigenvalue weighted by Crippen LogP contribution is 2.32. The van der Waals surface area contributed by atoms with Crippen LogP contribution in [0.25, 0.3) is 22.1 Å². The Balaban J connectivity index is 2.43. The molecule has 0 saturated heterocycles. The first kappa shape index (κ1) is 16.1. The van der Waals surface area contributed by atoms with E-state index < -0.39 is 22.9 Å². The fraction of sp³-hybridized carbons (Fsp3) is 0.167. The Kier molecular flexibility index (Phi) is 3.83. The van der Waals surface area contributed by atoms with Gasteiger partial charge < -0.3 is 9.52 Å². The molecule has 0 unspecified atom stereocenters. The predicted octanol–water partition coefficient (Wildman–Crippen LogP) is 4.71. The number of hydrogen-bond donors (Lipinski definition) is 1. The summed E-state index contributed by atoms with van der Waals surface area (Å²) < 4.78 is 46.0. The minimum absolute atomic E-state index is 0.0269. The predicted molar refractivity (Wildman–Crippen MR) is 83.5 cm³/mol. The lowest BCUT2D eigenvalue weighted by Gasteiger charge is -2.13. The quantitative estimate of drug-likeness (QED) is 0.691. The third-order valence-electron chi connectivity index (χ3n) is 3.70. The largest absolute Gasteiger partial charge is 0.508 e. The van der Waals surface area contributed by atoms with Gasteiger partial charge in [0.25, 0.3) is 0 Å². The molecule has 0 aliphatic heterocycles. The standard InChI is InChI=1S/C18H13F3O3/c1-8(2)18-15(9-5-12(19)16(21)13(20)6-9)17(23)11-4-3-10(22)7-14(11)24-18/h3-8,22H,1-2H3. The lowest BCUT2D eigenvalue weighted by Crippen LogP contribution is -2.11. The van der Waals surface area contributed by atoms with Crippen LogP contribution < -0.4 is 5.43 Å². The van der Waals surface area contributed by atoms with Gasteiger partial charge in [-0.2, -0.15) is 0 Å². The average molecular weight is 334 g/mol. The Morgan fingerprint density at radius 1 is 1.04 bits per heavy atom. The van der Waals surface area contributed by atoms with Gasteiger partial charge in [0.05, 0.1) is 10.9 Å². The van der Waals surface area contributed by atoms with E-state index in [0.717, 1.165) is 12.1 Å². The Bertz CT molecular complexity index is 983. The second-order valence-electron chi connectivity index (χ2n) is 5.76. The molecule has 0 spiro atoms. The van der Waals surface area contributed by atoms with Gasteiger partial charge in [0.2, 0.25) is 5.43 Å². The average Bonchev–Trinajstić information content (AvgIpc) is 2.51. The van der Waals surface area contributed by atoms with E-state index in [-0.39, 0.29) is 39.5 Å². The van der Waals surface area contributed by atoms with Crippen LogP contribution in [0.1, 0.15) is 25.5 Å². The molecule has 0 atom stereocenters.